The van der Waals surface area contributed by atoms with Crippen molar-refractivity contribution in [1.82, 2.24) is 10.2 Å². The van der Waals surface area contributed by atoms with Crippen LogP contribution in [0.2, 0.25) is 0 Å². The molecule has 3 N–H and O–H groups in total. The molecule has 1 saturated heterocycles. The van der Waals surface area contributed by atoms with Gasteiger partial charge in [0.15, 0.2) is 5.96 Å². The molecule has 1 amide bonds. The highest BCUT2D eigenvalue weighted by Gasteiger charge is 2.23. The number of rotatable bonds is 5. The van der Waals surface area contributed by atoms with Crippen molar-refractivity contribution in [2.24, 2.45) is 16.6 Å². The van der Waals surface area contributed by atoms with Gasteiger partial charge in [-0.05, 0) is 30.9 Å². The summed E-state index contributed by atoms with van der Waals surface area (Å²) in [4.78, 5) is 17.6. The van der Waals surface area contributed by atoms with Crippen LogP contribution in [0.1, 0.15) is 25.0 Å². The lowest BCUT2D eigenvalue weighted by Crippen LogP contribution is -2.47. The number of nitrogens with one attached hydrogen (secondary N) is 1. The van der Waals surface area contributed by atoms with Crippen LogP contribution in [0.4, 0.5) is 0 Å². The Morgan fingerprint density at radius 3 is 3.14 bits per heavy atom. The van der Waals surface area contributed by atoms with Crippen molar-refractivity contribution in [3.63, 3.8) is 0 Å². The number of carbonyl (C=O) groups is 1. The third kappa shape index (κ3) is 4.81. The summed E-state index contributed by atoms with van der Waals surface area (Å²) in [5.41, 5.74) is 5.30. The molecule has 6 nitrogen and oxygen atoms in total. The average Bonchev–Trinajstić information content (AvgIpc) is 2.96. The summed E-state index contributed by atoms with van der Waals surface area (Å²) < 4.78 is 5.31. The summed E-state index contributed by atoms with van der Waals surface area (Å²) >= 11 is 0. The predicted molar refractivity (Wildman–Crippen MR) is 81.9 cm³/mol. The van der Waals surface area contributed by atoms with Crippen molar-refractivity contribution in [3.8, 4) is 0 Å². The molecule has 1 atom stereocenters. The highest BCUT2D eigenvalue weighted by Crippen LogP contribution is 2.19. The molecule has 1 aliphatic heterocycles. The molecule has 1 aromatic heterocycles. The van der Waals surface area contributed by atoms with Crippen molar-refractivity contribution < 1.29 is 9.21 Å². The van der Waals surface area contributed by atoms with Gasteiger partial charge in [0.25, 0.3) is 0 Å². The van der Waals surface area contributed by atoms with E-state index in [1.165, 1.54) is 0 Å². The van der Waals surface area contributed by atoms with Crippen molar-refractivity contribution in [2.45, 2.75) is 25.7 Å². The SMILES string of the molecule is CN=C(NCCc1ccco1)N1CCCC(CC(N)=O)C1. The number of hydrogen-bond donors (Lipinski definition) is 2. The Kier molecular flexibility index (Phi) is 5.66. The van der Waals surface area contributed by atoms with Crippen LogP contribution in [0.25, 0.3) is 0 Å². The molecular weight excluding hydrogens is 268 g/mol. The van der Waals surface area contributed by atoms with Gasteiger partial charge < -0.3 is 20.4 Å². The van der Waals surface area contributed by atoms with Crippen LogP contribution in [0.3, 0.4) is 0 Å². The van der Waals surface area contributed by atoms with Gasteiger partial charge >= 0.3 is 0 Å². The minimum Gasteiger partial charge on any atom is -0.469 e. The van der Waals surface area contributed by atoms with Gasteiger partial charge in [0.2, 0.25) is 5.91 Å². The Morgan fingerprint density at radius 1 is 1.62 bits per heavy atom. The first kappa shape index (κ1) is 15.4. The van der Waals surface area contributed by atoms with Crippen molar-refractivity contribution in [2.75, 3.05) is 26.7 Å². The summed E-state index contributed by atoms with van der Waals surface area (Å²) in [5.74, 6) is 1.96. The van der Waals surface area contributed by atoms with E-state index in [1.807, 2.05) is 12.1 Å². The number of amides is 1. The highest BCUT2D eigenvalue weighted by atomic mass is 16.3. The Balaban J connectivity index is 1.81. The smallest absolute Gasteiger partial charge is 0.217 e. The van der Waals surface area contributed by atoms with Gasteiger partial charge in [0, 0.05) is 39.5 Å². The Hall–Kier alpha value is -1.98. The molecule has 1 aromatic rings. The molecule has 2 rings (SSSR count). The standard InChI is InChI=1S/C15H24N4O2/c1-17-15(18-7-6-13-5-3-9-21-13)19-8-2-4-12(11-19)10-14(16)20/h3,5,9,12H,2,4,6-8,10-11H2,1H3,(H2,16,20)(H,17,18). The van der Waals surface area contributed by atoms with Crippen LogP contribution in [0, 0.1) is 5.92 Å². The lowest BCUT2D eigenvalue weighted by atomic mass is 9.95. The summed E-state index contributed by atoms with van der Waals surface area (Å²) in [7, 11) is 1.78. The molecule has 2 heterocycles. The maximum Gasteiger partial charge on any atom is 0.217 e. The van der Waals surface area contributed by atoms with E-state index in [9.17, 15) is 4.79 Å². The number of carbonyl (C=O) groups excluding carboxylic acids is 1. The van der Waals surface area contributed by atoms with Crippen LogP contribution < -0.4 is 11.1 Å². The second-order valence-electron chi connectivity index (χ2n) is 5.43. The molecule has 1 unspecified atom stereocenters. The normalized spacial score (nSPS) is 19.6. The first-order chi connectivity index (χ1) is 10.2. The van der Waals surface area contributed by atoms with E-state index >= 15 is 0 Å². The monoisotopic (exact) mass is 292 g/mol. The van der Waals surface area contributed by atoms with Gasteiger partial charge in [-0.15, -0.1) is 0 Å². The number of likely N-dealkylation sites (tertiary alicyclic amines) is 1. The van der Waals surface area contributed by atoms with Gasteiger partial charge in [-0.3, -0.25) is 9.79 Å². The van der Waals surface area contributed by atoms with Crippen molar-refractivity contribution >= 4 is 11.9 Å². The lowest BCUT2D eigenvalue weighted by Gasteiger charge is -2.34. The topological polar surface area (TPSA) is 83.9 Å². The zero-order chi connectivity index (χ0) is 15.1. The van der Waals surface area contributed by atoms with E-state index in [-0.39, 0.29) is 5.91 Å². The van der Waals surface area contributed by atoms with Gasteiger partial charge in [-0.2, -0.15) is 0 Å². The molecule has 116 valence electrons. The number of piperidine rings is 1. The quantitative estimate of drug-likeness (QED) is 0.626. The average molecular weight is 292 g/mol. The summed E-state index contributed by atoms with van der Waals surface area (Å²) in [5, 5.41) is 3.35. The van der Waals surface area contributed by atoms with Crippen LogP contribution in [0.15, 0.2) is 27.8 Å². The number of primary amides is 1. The third-order valence-electron chi connectivity index (χ3n) is 3.75. The summed E-state index contributed by atoms with van der Waals surface area (Å²) in [6, 6.07) is 3.86. The number of hydrogen-bond acceptors (Lipinski definition) is 3. The van der Waals surface area contributed by atoms with E-state index in [1.54, 1.807) is 13.3 Å². The molecule has 1 fully saturated rings. The summed E-state index contributed by atoms with van der Waals surface area (Å²) in [6.45, 7) is 2.58. The molecule has 0 aromatic carbocycles. The molecule has 21 heavy (non-hydrogen) atoms. The second kappa shape index (κ2) is 7.71. The van der Waals surface area contributed by atoms with Crippen LogP contribution in [0.5, 0.6) is 0 Å². The minimum atomic E-state index is -0.220. The van der Waals surface area contributed by atoms with Crippen LogP contribution >= 0.6 is 0 Å². The zero-order valence-electron chi connectivity index (χ0n) is 12.5. The van der Waals surface area contributed by atoms with Crippen molar-refractivity contribution in [1.29, 1.82) is 0 Å². The Labute approximate surface area is 125 Å². The van der Waals surface area contributed by atoms with Crippen LogP contribution in [-0.2, 0) is 11.2 Å². The molecule has 0 spiro atoms. The molecule has 0 aliphatic carbocycles. The largest absolute Gasteiger partial charge is 0.469 e. The molecule has 0 saturated carbocycles. The van der Waals surface area contributed by atoms with Gasteiger partial charge in [-0.25, -0.2) is 0 Å². The molecule has 0 bridgehead atoms. The molecule has 0 radical (unpaired) electrons. The maximum atomic E-state index is 11.1. The van der Waals surface area contributed by atoms with E-state index in [0.717, 1.165) is 50.6 Å². The number of nitrogens with zero attached hydrogens (tertiary/aromatic N) is 2. The number of furan rings is 1. The molecular formula is C15H24N4O2. The van der Waals surface area contributed by atoms with E-state index < -0.39 is 0 Å². The minimum absolute atomic E-state index is 0.220. The first-order valence-corrected chi connectivity index (χ1v) is 7.45. The van der Waals surface area contributed by atoms with E-state index in [4.69, 9.17) is 10.2 Å². The van der Waals surface area contributed by atoms with Gasteiger partial charge in [0.05, 0.1) is 6.26 Å². The van der Waals surface area contributed by atoms with Gasteiger partial charge in [-0.1, -0.05) is 0 Å². The molecule has 1 aliphatic rings. The lowest BCUT2D eigenvalue weighted by molar-refractivity contribution is -0.119. The predicted octanol–water partition coefficient (Wildman–Crippen LogP) is 0.985. The fourth-order valence-corrected chi connectivity index (χ4v) is 2.79. The van der Waals surface area contributed by atoms with E-state index in [0.29, 0.717) is 12.3 Å². The zero-order valence-corrected chi connectivity index (χ0v) is 12.5. The first-order valence-electron chi connectivity index (χ1n) is 7.45. The fourth-order valence-electron chi connectivity index (χ4n) is 2.79. The summed E-state index contributed by atoms with van der Waals surface area (Å²) in [6.07, 6.45) is 5.09. The van der Waals surface area contributed by atoms with Crippen LogP contribution in [-0.4, -0.2) is 43.4 Å². The van der Waals surface area contributed by atoms with E-state index in [2.05, 4.69) is 15.2 Å². The number of guanidine groups is 1. The maximum absolute atomic E-state index is 11.1. The number of aliphatic imine (C=N–C) groups is 1. The fraction of sp³-hybridized carbons (Fsp3) is 0.600. The van der Waals surface area contributed by atoms with Crippen molar-refractivity contribution in [3.05, 3.63) is 24.2 Å². The second-order valence-corrected chi connectivity index (χ2v) is 5.43. The number of nitrogens with two attached hydrogens (primary N) is 1. The highest BCUT2D eigenvalue weighted by molar-refractivity contribution is 5.80. The third-order valence-corrected chi connectivity index (χ3v) is 3.75. The Morgan fingerprint density at radius 2 is 2.48 bits per heavy atom. The van der Waals surface area contributed by atoms with Gasteiger partial charge in [0.1, 0.15) is 5.76 Å². The Bertz CT molecular complexity index is 470. The molecule has 6 heteroatoms.